The highest BCUT2D eigenvalue weighted by Gasteiger charge is 2.40. The third-order valence-corrected chi connectivity index (χ3v) is 4.51. The summed E-state index contributed by atoms with van der Waals surface area (Å²) in [6, 6.07) is 8.00. The number of para-hydroxylation sites is 1. The summed E-state index contributed by atoms with van der Waals surface area (Å²) < 4.78 is 4.82. The van der Waals surface area contributed by atoms with Crippen molar-refractivity contribution in [3.63, 3.8) is 0 Å². The molecule has 1 aromatic carbocycles. The van der Waals surface area contributed by atoms with E-state index in [0.29, 0.717) is 5.69 Å². The molecule has 0 bridgehead atoms. The van der Waals surface area contributed by atoms with Crippen molar-refractivity contribution in [2.75, 3.05) is 17.3 Å². The van der Waals surface area contributed by atoms with Crippen LogP contribution in [0.3, 0.4) is 0 Å². The lowest BCUT2D eigenvalue weighted by molar-refractivity contribution is -0.144. The van der Waals surface area contributed by atoms with E-state index in [4.69, 9.17) is 10.5 Å². The van der Waals surface area contributed by atoms with Crippen LogP contribution in [0.2, 0.25) is 0 Å². The number of benzene rings is 1. The smallest absolute Gasteiger partial charge is 0.323 e. The van der Waals surface area contributed by atoms with E-state index < -0.39 is 17.3 Å². The Morgan fingerprint density at radius 2 is 2.04 bits per heavy atom. The van der Waals surface area contributed by atoms with Gasteiger partial charge >= 0.3 is 5.97 Å². The fraction of sp³-hybridized carbons (Fsp3) is 0.400. The Hall–Kier alpha value is -1.57. The van der Waals surface area contributed by atoms with Crippen molar-refractivity contribution in [3.05, 3.63) is 30.3 Å². The molecule has 2 atom stereocenters. The molecule has 0 radical (unpaired) electrons. The van der Waals surface area contributed by atoms with Gasteiger partial charge in [-0.2, -0.15) is 0 Å². The van der Waals surface area contributed by atoms with Gasteiger partial charge in [-0.3, -0.25) is 14.4 Å². The first-order valence-electron chi connectivity index (χ1n) is 7.00. The van der Waals surface area contributed by atoms with Gasteiger partial charge in [0.25, 0.3) is 0 Å². The lowest BCUT2D eigenvalue weighted by Gasteiger charge is -2.15. The van der Waals surface area contributed by atoms with Crippen LogP contribution in [0.4, 0.5) is 5.69 Å². The van der Waals surface area contributed by atoms with Gasteiger partial charge in [0, 0.05) is 12.2 Å². The first-order valence-corrected chi connectivity index (χ1v) is 8.05. The Labute approximate surface area is 145 Å². The van der Waals surface area contributed by atoms with E-state index in [9.17, 15) is 14.4 Å². The molecular weight excluding hydrogens is 340 g/mol. The zero-order valence-corrected chi connectivity index (χ0v) is 14.3. The number of thioether (sulfide) groups is 1. The number of esters is 1. The SMILES string of the molecule is CCOC(=O)[C@@H](N)CSC1CC(=O)N(c2ccccc2)C1=O.Cl. The minimum absolute atomic E-state index is 0. The quantitative estimate of drug-likeness (QED) is 0.610. The van der Waals surface area contributed by atoms with Gasteiger partial charge in [0.05, 0.1) is 17.5 Å². The minimum atomic E-state index is -0.793. The number of hydrogen-bond donors (Lipinski definition) is 1. The van der Waals surface area contributed by atoms with Crippen LogP contribution in [0.5, 0.6) is 0 Å². The molecule has 2 N–H and O–H groups in total. The van der Waals surface area contributed by atoms with Crippen molar-refractivity contribution in [1.29, 1.82) is 0 Å². The maximum Gasteiger partial charge on any atom is 0.323 e. The molecule has 126 valence electrons. The molecule has 0 spiro atoms. The molecule has 1 saturated heterocycles. The third kappa shape index (κ3) is 4.70. The second-order valence-corrected chi connectivity index (χ2v) is 6.02. The van der Waals surface area contributed by atoms with Gasteiger partial charge in [-0.05, 0) is 19.1 Å². The molecule has 8 heteroatoms. The van der Waals surface area contributed by atoms with Crippen molar-refractivity contribution in [3.8, 4) is 0 Å². The molecule has 23 heavy (non-hydrogen) atoms. The minimum Gasteiger partial charge on any atom is -0.465 e. The normalized spacial score (nSPS) is 18.5. The second-order valence-electron chi connectivity index (χ2n) is 4.79. The molecule has 2 rings (SSSR count). The highest BCUT2D eigenvalue weighted by molar-refractivity contribution is 8.00. The first-order chi connectivity index (χ1) is 10.5. The van der Waals surface area contributed by atoms with Gasteiger partial charge in [-0.1, -0.05) is 18.2 Å². The van der Waals surface area contributed by atoms with Crippen LogP contribution in [0, 0.1) is 0 Å². The van der Waals surface area contributed by atoms with Crippen molar-refractivity contribution >= 4 is 47.6 Å². The van der Waals surface area contributed by atoms with Crippen LogP contribution >= 0.6 is 24.2 Å². The summed E-state index contributed by atoms with van der Waals surface area (Å²) in [7, 11) is 0. The summed E-state index contributed by atoms with van der Waals surface area (Å²) in [4.78, 5) is 37.0. The second kappa shape index (κ2) is 8.90. The Bertz CT molecular complexity index is 570. The number of carbonyl (C=O) groups is 3. The molecule has 0 saturated carbocycles. The van der Waals surface area contributed by atoms with E-state index in [2.05, 4.69) is 0 Å². The molecule has 1 fully saturated rings. The molecule has 0 aliphatic carbocycles. The summed E-state index contributed by atoms with van der Waals surface area (Å²) in [5.74, 6) is -0.757. The maximum absolute atomic E-state index is 12.4. The Morgan fingerprint density at radius 3 is 2.65 bits per heavy atom. The largest absolute Gasteiger partial charge is 0.465 e. The van der Waals surface area contributed by atoms with E-state index in [-0.39, 0.29) is 43.0 Å². The number of rotatable bonds is 6. The fourth-order valence-corrected chi connectivity index (χ4v) is 3.20. The Kier molecular flexibility index (Phi) is 7.54. The summed E-state index contributed by atoms with van der Waals surface area (Å²) >= 11 is 1.22. The number of halogens is 1. The van der Waals surface area contributed by atoms with Crippen LogP contribution in [-0.4, -0.2) is 41.4 Å². The molecular formula is C15H19ClN2O4S. The van der Waals surface area contributed by atoms with Crippen molar-refractivity contribution in [1.82, 2.24) is 0 Å². The predicted octanol–water partition coefficient (Wildman–Crippen LogP) is 1.36. The lowest BCUT2D eigenvalue weighted by Crippen LogP contribution is -2.36. The van der Waals surface area contributed by atoms with Crippen LogP contribution in [0.15, 0.2) is 30.3 Å². The van der Waals surface area contributed by atoms with Gasteiger partial charge in [-0.25, -0.2) is 4.90 Å². The molecule has 2 amide bonds. The van der Waals surface area contributed by atoms with Crippen molar-refractivity contribution in [2.45, 2.75) is 24.6 Å². The molecule has 1 unspecified atom stereocenters. The van der Waals surface area contributed by atoms with E-state index in [1.165, 1.54) is 16.7 Å². The number of anilines is 1. The summed E-state index contributed by atoms with van der Waals surface area (Å²) in [5.41, 5.74) is 6.27. The van der Waals surface area contributed by atoms with Gasteiger partial charge in [0.15, 0.2) is 0 Å². The van der Waals surface area contributed by atoms with Gasteiger partial charge in [-0.15, -0.1) is 24.2 Å². The van der Waals surface area contributed by atoms with Gasteiger partial charge in [0.2, 0.25) is 11.8 Å². The van der Waals surface area contributed by atoms with Gasteiger partial charge in [0.1, 0.15) is 6.04 Å². The van der Waals surface area contributed by atoms with Crippen molar-refractivity contribution in [2.24, 2.45) is 5.73 Å². The number of nitrogens with zero attached hydrogens (tertiary/aromatic N) is 1. The van der Waals surface area contributed by atoms with E-state index >= 15 is 0 Å². The number of nitrogens with two attached hydrogens (primary N) is 1. The number of amides is 2. The Balaban J connectivity index is 0.00000264. The molecule has 1 heterocycles. The van der Waals surface area contributed by atoms with Crippen LogP contribution < -0.4 is 10.6 Å². The topological polar surface area (TPSA) is 89.7 Å². The summed E-state index contributed by atoms with van der Waals surface area (Å²) in [6.45, 7) is 1.97. The molecule has 0 aromatic heterocycles. The summed E-state index contributed by atoms with van der Waals surface area (Å²) in [6.07, 6.45) is 0.119. The first kappa shape index (κ1) is 19.5. The molecule has 1 aromatic rings. The molecule has 1 aliphatic rings. The third-order valence-electron chi connectivity index (χ3n) is 3.19. The summed E-state index contributed by atoms with van der Waals surface area (Å²) in [5, 5.41) is -0.506. The van der Waals surface area contributed by atoms with Crippen LogP contribution in [0.25, 0.3) is 0 Å². The number of carbonyl (C=O) groups excluding carboxylic acids is 3. The van der Waals surface area contributed by atoms with E-state index in [1.54, 1.807) is 31.2 Å². The average molecular weight is 359 g/mol. The maximum atomic E-state index is 12.4. The Morgan fingerprint density at radius 1 is 1.39 bits per heavy atom. The monoisotopic (exact) mass is 358 g/mol. The lowest BCUT2D eigenvalue weighted by atomic mass is 10.3. The average Bonchev–Trinajstić information content (AvgIpc) is 2.80. The standard InChI is InChI=1S/C15H18N2O4S.ClH/c1-2-21-15(20)11(16)9-22-12-8-13(18)17(14(12)19)10-6-4-3-5-7-10;/h3-7,11-12H,2,8-9,16H2,1H3;1H/t11-,12?;/m0./s1. The molecule has 1 aliphatic heterocycles. The van der Waals surface area contributed by atoms with Gasteiger partial charge < -0.3 is 10.5 Å². The zero-order valence-electron chi connectivity index (χ0n) is 12.6. The number of hydrogen-bond acceptors (Lipinski definition) is 6. The highest BCUT2D eigenvalue weighted by Crippen LogP contribution is 2.29. The predicted molar refractivity (Wildman–Crippen MR) is 91.7 cm³/mol. The zero-order chi connectivity index (χ0) is 16.1. The van der Waals surface area contributed by atoms with Crippen LogP contribution in [-0.2, 0) is 19.1 Å². The number of imide groups is 1. The van der Waals surface area contributed by atoms with E-state index in [1.807, 2.05) is 6.07 Å². The van der Waals surface area contributed by atoms with Crippen molar-refractivity contribution < 1.29 is 19.1 Å². The van der Waals surface area contributed by atoms with E-state index in [0.717, 1.165) is 0 Å². The molecule has 6 nitrogen and oxygen atoms in total. The van der Waals surface area contributed by atoms with Crippen LogP contribution in [0.1, 0.15) is 13.3 Å². The fourth-order valence-electron chi connectivity index (χ4n) is 2.12. The highest BCUT2D eigenvalue weighted by atomic mass is 35.5. The number of ether oxygens (including phenoxy) is 1.